The quantitative estimate of drug-likeness (QED) is 0.789. The molecule has 0 heterocycles. The zero-order valence-electron chi connectivity index (χ0n) is 10.2. The van der Waals surface area contributed by atoms with Gasteiger partial charge in [0.25, 0.3) is 0 Å². The Labute approximate surface area is 112 Å². The first-order valence-electron chi connectivity index (χ1n) is 5.41. The summed E-state index contributed by atoms with van der Waals surface area (Å²) in [6.45, 7) is 3.74. The molecule has 0 aromatic heterocycles. The van der Waals surface area contributed by atoms with E-state index in [1.807, 2.05) is 13.8 Å². The SMILES string of the molecule is CC(C)OCCS(=O)(=O)Nc1cc(Cl)ccc1O. The maximum Gasteiger partial charge on any atom is 0.235 e. The molecule has 0 unspecified atom stereocenters. The van der Waals surface area contributed by atoms with Crippen molar-refractivity contribution in [2.75, 3.05) is 17.1 Å². The Hall–Kier alpha value is -0.980. The molecule has 0 saturated carbocycles. The second-order valence-electron chi connectivity index (χ2n) is 4.00. The van der Waals surface area contributed by atoms with E-state index in [1.54, 1.807) is 0 Å². The van der Waals surface area contributed by atoms with Gasteiger partial charge in [0.05, 0.1) is 24.2 Å². The first-order chi connectivity index (χ1) is 8.30. The summed E-state index contributed by atoms with van der Waals surface area (Å²) >= 11 is 5.72. The molecule has 0 fully saturated rings. The van der Waals surface area contributed by atoms with Gasteiger partial charge in [-0.1, -0.05) is 11.6 Å². The Balaban J connectivity index is 2.67. The Kier molecular flexibility index (Phi) is 5.25. The molecular formula is C11H16ClNO4S. The number of rotatable bonds is 6. The van der Waals surface area contributed by atoms with E-state index in [9.17, 15) is 13.5 Å². The molecule has 18 heavy (non-hydrogen) atoms. The van der Waals surface area contributed by atoms with Gasteiger partial charge in [-0.3, -0.25) is 4.72 Å². The zero-order chi connectivity index (χ0) is 13.8. The van der Waals surface area contributed by atoms with Crippen LogP contribution in [0.25, 0.3) is 0 Å². The van der Waals surface area contributed by atoms with Crippen molar-refractivity contribution >= 4 is 27.3 Å². The topological polar surface area (TPSA) is 75.6 Å². The summed E-state index contributed by atoms with van der Waals surface area (Å²) in [4.78, 5) is 0. The molecule has 7 heteroatoms. The maximum absolute atomic E-state index is 11.7. The van der Waals surface area contributed by atoms with Crippen LogP contribution >= 0.6 is 11.6 Å². The van der Waals surface area contributed by atoms with E-state index in [-0.39, 0.29) is 29.9 Å². The Bertz CT molecular complexity index is 502. The van der Waals surface area contributed by atoms with Crippen LogP contribution in [-0.4, -0.2) is 32.0 Å². The molecular weight excluding hydrogens is 278 g/mol. The van der Waals surface area contributed by atoms with Crippen LogP contribution in [0.2, 0.25) is 5.02 Å². The van der Waals surface area contributed by atoms with Crippen molar-refractivity contribution in [1.82, 2.24) is 0 Å². The van der Waals surface area contributed by atoms with Crippen molar-refractivity contribution in [3.8, 4) is 5.75 Å². The van der Waals surface area contributed by atoms with Gasteiger partial charge in [-0.05, 0) is 32.0 Å². The average Bonchev–Trinajstić information content (AvgIpc) is 2.22. The molecule has 0 amide bonds. The second kappa shape index (κ2) is 6.26. The monoisotopic (exact) mass is 293 g/mol. The van der Waals surface area contributed by atoms with Crippen molar-refractivity contribution in [2.24, 2.45) is 0 Å². The molecule has 0 aliphatic rings. The number of hydrogen-bond acceptors (Lipinski definition) is 4. The molecule has 5 nitrogen and oxygen atoms in total. The van der Waals surface area contributed by atoms with Gasteiger partial charge in [0.2, 0.25) is 10.0 Å². The van der Waals surface area contributed by atoms with Crippen LogP contribution in [0.3, 0.4) is 0 Å². The summed E-state index contributed by atoms with van der Waals surface area (Å²) in [7, 11) is -3.56. The van der Waals surface area contributed by atoms with Crippen molar-refractivity contribution in [3.63, 3.8) is 0 Å². The minimum atomic E-state index is -3.56. The first-order valence-corrected chi connectivity index (χ1v) is 7.44. The van der Waals surface area contributed by atoms with Crippen LogP contribution in [0.4, 0.5) is 5.69 Å². The second-order valence-corrected chi connectivity index (χ2v) is 6.28. The number of aromatic hydroxyl groups is 1. The third-order valence-electron chi connectivity index (χ3n) is 2.03. The number of phenols is 1. The van der Waals surface area contributed by atoms with E-state index >= 15 is 0 Å². The van der Waals surface area contributed by atoms with Crippen molar-refractivity contribution in [3.05, 3.63) is 23.2 Å². The summed E-state index contributed by atoms with van der Waals surface area (Å²) < 4.78 is 30.8. The lowest BCUT2D eigenvalue weighted by Gasteiger charge is -2.11. The van der Waals surface area contributed by atoms with E-state index in [0.29, 0.717) is 5.02 Å². The summed E-state index contributed by atoms with van der Waals surface area (Å²) in [5.41, 5.74) is 0.0621. The summed E-state index contributed by atoms with van der Waals surface area (Å²) in [6.07, 6.45) is -0.0280. The van der Waals surface area contributed by atoms with Crippen molar-refractivity contribution in [2.45, 2.75) is 20.0 Å². The Morgan fingerprint density at radius 3 is 2.72 bits per heavy atom. The highest BCUT2D eigenvalue weighted by molar-refractivity contribution is 7.92. The Morgan fingerprint density at radius 1 is 1.44 bits per heavy atom. The number of ether oxygens (including phenoxy) is 1. The zero-order valence-corrected chi connectivity index (χ0v) is 11.8. The van der Waals surface area contributed by atoms with Crippen molar-refractivity contribution < 1.29 is 18.3 Å². The number of anilines is 1. The number of halogens is 1. The van der Waals surface area contributed by atoms with Gasteiger partial charge in [0, 0.05) is 5.02 Å². The highest BCUT2D eigenvalue weighted by Gasteiger charge is 2.13. The smallest absolute Gasteiger partial charge is 0.235 e. The molecule has 0 aliphatic carbocycles. The van der Waals surface area contributed by atoms with Crippen molar-refractivity contribution in [1.29, 1.82) is 0 Å². The molecule has 2 N–H and O–H groups in total. The summed E-state index contributed by atoms with van der Waals surface area (Å²) in [5.74, 6) is -0.357. The molecule has 0 spiro atoms. The third kappa shape index (κ3) is 5.12. The molecule has 102 valence electrons. The lowest BCUT2D eigenvalue weighted by atomic mass is 10.3. The van der Waals surface area contributed by atoms with Gasteiger partial charge in [-0.15, -0.1) is 0 Å². The molecule has 0 saturated heterocycles. The van der Waals surface area contributed by atoms with Gasteiger partial charge >= 0.3 is 0 Å². The number of phenolic OH excluding ortho intramolecular Hbond substituents is 1. The largest absolute Gasteiger partial charge is 0.506 e. The molecule has 0 atom stereocenters. The highest BCUT2D eigenvalue weighted by Crippen LogP contribution is 2.27. The van der Waals surface area contributed by atoms with Gasteiger partial charge < -0.3 is 9.84 Å². The standard InChI is InChI=1S/C11H16ClNO4S/c1-8(2)17-5-6-18(15,16)13-10-7-9(12)3-4-11(10)14/h3-4,7-8,13-14H,5-6H2,1-2H3. The number of hydrogen-bond donors (Lipinski definition) is 2. The normalized spacial score (nSPS) is 11.8. The fraction of sp³-hybridized carbons (Fsp3) is 0.455. The molecule has 0 aliphatic heterocycles. The predicted molar refractivity (Wildman–Crippen MR) is 71.6 cm³/mol. The van der Waals surface area contributed by atoms with Gasteiger partial charge in [0.15, 0.2) is 0 Å². The highest BCUT2D eigenvalue weighted by atomic mass is 35.5. The fourth-order valence-corrected chi connectivity index (χ4v) is 2.29. The van der Waals surface area contributed by atoms with E-state index in [4.69, 9.17) is 16.3 Å². The van der Waals surface area contributed by atoms with Gasteiger partial charge in [-0.2, -0.15) is 0 Å². The van der Waals surface area contributed by atoms with Crippen LogP contribution in [0.5, 0.6) is 5.75 Å². The van der Waals surface area contributed by atoms with Crippen LogP contribution < -0.4 is 4.72 Å². The molecule has 1 aromatic rings. The summed E-state index contributed by atoms with van der Waals surface area (Å²) in [6, 6.07) is 4.14. The lowest BCUT2D eigenvalue weighted by molar-refractivity contribution is 0.0913. The third-order valence-corrected chi connectivity index (χ3v) is 3.50. The predicted octanol–water partition coefficient (Wildman–Crippen LogP) is 2.21. The molecule has 1 aromatic carbocycles. The van der Waals surface area contributed by atoms with Gasteiger partial charge in [0.1, 0.15) is 5.75 Å². The van der Waals surface area contributed by atoms with Gasteiger partial charge in [-0.25, -0.2) is 8.42 Å². The number of sulfonamides is 1. The van der Waals surface area contributed by atoms with Crippen LogP contribution in [0, 0.1) is 0 Å². The van der Waals surface area contributed by atoms with E-state index in [0.717, 1.165) is 0 Å². The molecule has 0 bridgehead atoms. The number of benzene rings is 1. The average molecular weight is 294 g/mol. The molecule has 1 rings (SSSR count). The Morgan fingerprint density at radius 2 is 2.11 bits per heavy atom. The van der Waals surface area contributed by atoms with E-state index < -0.39 is 10.0 Å². The minimum absolute atomic E-state index is 0.0280. The summed E-state index contributed by atoms with van der Waals surface area (Å²) in [5, 5.41) is 9.83. The van der Waals surface area contributed by atoms with Crippen LogP contribution in [0.1, 0.15) is 13.8 Å². The van der Waals surface area contributed by atoms with Crippen LogP contribution in [-0.2, 0) is 14.8 Å². The van der Waals surface area contributed by atoms with E-state index in [2.05, 4.69) is 4.72 Å². The van der Waals surface area contributed by atoms with Crippen LogP contribution in [0.15, 0.2) is 18.2 Å². The minimum Gasteiger partial charge on any atom is -0.506 e. The maximum atomic E-state index is 11.7. The number of nitrogens with one attached hydrogen (secondary N) is 1. The first kappa shape index (κ1) is 15.1. The lowest BCUT2D eigenvalue weighted by Crippen LogP contribution is -2.21. The van der Waals surface area contributed by atoms with E-state index in [1.165, 1.54) is 18.2 Å². The fourth-order valence-electron chi connectivity index (χ4n) is 1.20. The molecule has 0 radical (unpaired) electrons.